The van der Waals surface area contributed by atoms with Crippen LogP contribution >= 0.6 is 0 Å². The van der Waals surface area contributed by atoms with Crippen molar-refractivity contribution in [2.75, 3.05) is 0 Å². The zero-order valence-electron chi connectivity index (χ0n) is 9.44. The molecule has 3 rings (SSSR count). The minimum Gasteiger partial charge on any atom is -0.475 e. The number of hydrogen-bond donors (Lipinski definition) is 1. The fourth-order valence-corrected chi connectivity index (χ4v) is 2.59. The third-order valence-electron chi connectivity index (χ3n) is 3.30. The van der Waals surface area contributed by atoms with Crippen LogP contribution in [-0.2, 0) is 17.8 Å². The summed E-state index contributed by atoms with van der Waals surface area (Å²) in [5, 5.41) is 9.18. The van der Waals surface area contributed by atoms with Crippen LogP contribution in [0.15, 0.2) is 18.3 Å². The van der Waals surface area contributed by atoms with Gasteiger partial charge < -0.3 is 9.67 Å². The fraction of sp³-hybridized carbons (Fsp3) is 0.231. The Bertz CT molecular complexity index is 687. The number of aryl methyl sites for hydroxylation is 2. The molecule has 1 aromatic carbocycles. The Morgan fingerprint density at radius 1 is 1.33 bits per heavy atom. The van der Waals surface area contributed by atoms with E-state index in [9.17, 15) is 14.0 Å². The first kappa shape index (κ1) is 11.0. The summed E-state index contributed by atoms with van der Waals surface area (Å²) in [4.78, 5) is 22.4. The lowest BCUT2D eigenvalue weighted by Gasteiger charge is -2.15. The molecule has 0 fully saturated rings. The van der Waals surface area contributed by atoms with Gasteiger partial charge in [-0.3, -0.25) is 4.79 Å². The van der Waals surface area contributed by atoms with Crippen molar-refractivity contribution in [3.05, 3.63) is 35.3 Å². The molecule has 2 aromatic rings. The number of carbonyl (C=O) groups is 2. The Hall–Kier alpha value is -2.17. The molecule has 1 aliphatic rings. The van der Waals surface area contributed by atoms with Crippen LogP contribution in [0.25, 0.3) is 10.9 Å². The average Bonchev–Trinajstić information content (AvgIpc) is 2.68. The van der Waals surface area contributed by atoms with Gasteiger partial charge in [-0.25, -0.2) is 9.18 Å². The monoisotopic (exact) mass is 247 g/mol. The van der Waals surface area contributed by atoms with Gasteiger partial charge in [0.15, 0.2) is 0 Å². The van der Waals surface area contributed by atoms with Crippen LogP contribution in [0.1, 0.15) is 22.3 Å². The van der Waals surface area contributed by atoms with E-state index in [0.717, 1.165) is 30.5 Å². The van der Waals surface area contributed by atoms with E-state index in [2.05, 4.69) is 0 Å². The van der Waals surface area contributed by atoms with Crippen molar-refractivity contribution >= 4 is 22.7 Å². The summed E-state index contributed by atoms with van der Waals surface area (Å²) >= 11 is 0. The predicted molar refractivity (Wildman–Crippen MR) is 62.2 cm³/mol. The summed E-state index contributed by atoms with van der Waals surface area (Å²) in [5.41, 5.74) is 1.69. The molecule has 92 valence electrons. The molecule has 4 nitrogen and oxygen atoms in total. The topological polar surface area (TPSA) is 59.3 Å². The highest BCUT2D eigenvalue weighted by Crippen LogP contribution is 2.30. The minimum absolute atomic E-state index is 0.0696. The predicted octanol–water partition coefficient (Wildman–Crippen LogP) is 1.99. The lowest BCUT2D eigenvalue weighted by atomic mass is 10.0. The molecule has 0 spiro atoms. The molecule has 0 aliphatic carbocycles. The number of benzene rings is 1. The maximum Gasteiger partial charge on any atom is 0.377 e. The Kier molecular flexibility index (Phi) is 2.23. The van der Waals surface area contributed by atoms with Gasteiger partial charge in [-0.2, -0.15) is 0 Å². The summed E-state index contributed by atoms with van der Waals surface area (Å²) < 4.78 is 15.3. The van der Waals surface area contributed by atoms with E-state index in [4.69, 9.17) is 5.11 Å². The van der Waals surface area contributed by atoms with Gasteiger partial charge in [0, 0.05) is 18.1 Å². The number of halogens is 1. The van der Waals surface area contributed by atoms with Crippen molar-refractivity contribution in [1.82, 2.24) is 4.57 Å². The van der Waals surface area contributed by atoms with Gasteiger partial charge in [0.25, 0.3) is 5.78 Å². The number of aromatic nitrogens is 1. The standard InChI is InChI=1S/C13H10FNO3/c14-8-4-7-2-1-3-15-6-10(12(16)13(17)18)9(5-8)11(7)15/h4-6H,1-3H2,(H,17,18). The molecule has 2 heterocycles. The molecule has 18 heavy (non-hydrogen) atoms. The first-order valence-electron chi connectivity index (χ1n) is 5.67. The van der Waals surface area contributed by atoms with Gasteiger partial charge in [0.05, 0.1) is 11.1 Å². The molecule has 0 atom stereocenters. The van der Waals surface area contributed by atoms with E-state index in [1.54, 1.807) is 0 Å². The second kappa shape index (κ2) is 3.66. The largest absolute Gasteiger partial charge is 0.475 e. The number of carboxylic acids is 1. The van der Waals surface area contributed by atoms with Gasteiger partial charge in [0.1, 0.15) is 5.82 Å². The number of hydrogen-bond acceptors (Lipinski definition) is 2. The van der Waals surface area contributed by atoms with E-state index in [1.165, 1.54) is 18.3 Å². The minimum atomic E-state index is -1.51. The second-order valence-electron chi connectivity index (χ2n) is 4.44. The molecule has 0 amide bonds. The first-order chi connectivity index (χ1) is 8.58. The number of Topliss-reactive ketones (excluding diaryl/α,β-unsaturated/α-hetero) is 1. The first-order valence-corrected chi connectivity index (χ1v) is 5.67. The summed E-state index contributed by atoms with van der Waals surface area (Å²) in [6.07, 6.45) is 3.13. The molecule has 0 bridgehead atoms. The normalized spacial score (nSPS) is 13.8. The van der Waals surface area contributed by atoms with Crippen molar-refractivity contribution in [3.63, 3.8) is 0 Å². The van der Waals surface area contributed by atoms with Crippen molar-refractivity contribution in [2.24, 2.45) is 0 Å². The fourth-order valence-electron chi connectivity index (χ4n) is 2.59. The maximum absolute atomic E-state index is 13.5. The molecule has 1 N–H and O–H groups in total. The van der Waals surface area contributed by atoms with Crippen LogP contribution in [0.2, 0.25) is 0 Å². The average molecular weight is 247 g/mol. The SMILES string of the molecule is O=C(O)C(=O)c1cn2c3c(cc(F)cc13)CCC2. The molecule has 0 saturated carbocycles. The van der Waals surface area contributed by atoms with Crippen molar-refractivity contribution in [2.45, 2.75) is 19.4 Å². The molecule has 5 heteroatoms. The van der Waals surface area contributed by atoms with Crippen LogP contribution < -0.4 is 0 Å². The van der Waals surface area contributed by atoms with E-state index >= 15 is 0 Å². The number of nitrogens with zero attached hydrogens (tertiary/aromatic N) is 1. The third kappa shape index (κ3) is 1.44. The van der Waals surface area contributed by atoms with E-state index in [1.807, 2.05) is 4.57 Å². The third-order valence-corrected chi connectivity index (χ3v) is 3.30. The number of carboxylic acid groups (broad SMARTS) is 1. The highest BCUT2D eigenvalue weighted by Gasteiger charge is 2.24. The van der Waals surface area contributed by atoms with Crippen molar-refractivity contribution < 1.29 is 19.1 Å². The summed E-state index contributed by atoms with van der Waals surface area (Å²) in [6, 6.07) is 2.68. The quantitative estimate of drug-likeness (QED) is 0.652. The zero-order chi connectivity index (χ0) is 12.9. The van der Waals surface area contributed by atoms with Gasteiger partial charge in [-0.05, 0) is 30.5 Å². The highest BCUT2D eigenvalue weighted by molar-refractivity contribution is 6.42. The number of carbonyl (C=O) groups excluding carboxylic acids is 1. The van der Waals surface area contributed by atoms with Crippen LogP contribution in [0.5, 0.6) is 0 Å². The Balaban J connectivity index is 2.36. The van der Waals surface area contributed by atoms with E-state index < -0.39 is 17.6 Å². The van der Waals surface area contributed by atoms with Crippen molar-refractivity contribution in [3.8, 4) is 0 Å². The number of ketones is 1. The van der Waals surface area contributed by atoms with Gasteiger partial charge in [-0.15, -0.1) is 0 Å². The molecule has 0 saturated heterocycles. The lowest BCUT2D eigenvalue weighted by molar-refractivity contribution is -0.131. The summed E-state index contributed by atoms with van der Waals surface area (Å²) in [6.45, 7) is 0.724. The van der Waals surface area contributed by atoms with Crippen molar-refractivity contribution in [1.29, 1.82) is 0 Å². The number of aliphatic carboxylic acids is 1. The second-order valence-corrected chi connectivity index (χ2v) is 4.44. The van der Waals surface area contributed by atoms with Crippen LogP contribution in [-0.4, -0.2) is 21.4 Å². The Labute approximate surface area is 102 Å². The van der Waals surface area contributed by atoms with Gasteiger partial charge in [0.2, 0.25) is 0 Å². The molecular formula is C13H10FNO3. The zero-order valence-corrected chi connectivity index (χ0v) is 9.44. The smallest absolute Gasteiger partial charge is 0.377 e. The van der Waals surface area contributed by atoms with Crippen LogP contribution in [0, 0.1) is 5.82 Å². The molecule has 1 aliphatic heterocycles. The molecule has 1 aromatic heterocycles. The Morgan fingerprint density at radius 3 is 2.83 bits per heavy atom. The van der Waals surface area contributed by atoms with E-state index in [-0.39, 0.29) is 5.56 Å². The highest BCUT2D eigenvalue weighted by atomic mass is 19.1. The van der Waals surface area contributed by atoms with Gasteiger partial charge in [-0.1, -0.05) is 0 Å². The lowest BCUT2D eigenvalue weighted by Crippen LogP contribution is -2.12. The molecule has 0 unspecified atom stereocenters. The van der Waals surface area contributed by atoms with Gasteiger partial charge >= 0.3 is 5.97 Å². The molecular weight excluding hydrogens is 237 g/mol. The number of rotatable bonds is 2. The van der Waals surface area contributed by atoms with E-state index in [0.29, 0.717) is 5.39 Å². The summed E-state index contributed by atoms with van der Waals surface area (Å²) in [5.74, 6) is -2.94. The summed E-state index contributed by atoms with van der Waals surface area (Å²) in [7, 11) is 0. The maximum atomic E-state index is 13.5. The van der Waals surface area contributed by atoms with Crippen LogP contribution in [0.3, 0.4) is 0 Å². The Morgan fingerprint density at radius 2 is 2.11 bits per heavy atom. The molecule has 0 radical (unpaired) electrons. The van der Waals surface area contributed by atoms with Crippen LogP contribution in [0.4, 0.5) is 4.39 Å².